The zero-order chi connectivity index (χ0) is 22.1. The molecule has 1 heterocycles. The molecule has 1 atom stereocenters. The summed E-state index contributed by atoms with van der Waals surface area (Å²) in [5.74, 6) is -1.40. The Balaban J connectivity index is 1.90. The molecule has 1 aliphatic heterocycles. The molecular weight excluding hydrogens is 443 g/mol. The van der Waals surface area contributed by atoms with Gasteiger partial charge in [0.25, 0.3) is 0 Å². The first-order valence-electron chi connectivity index (χ1n) is 8.15. The van der Waals surface area contributed by atoms with E-state index in [4.69, 9.17) is 16.3 Å². The molecule has 11 heteroatoms. The summed E-state index contributed by atoms with van der Waals surface area (Å²) in [4.78, 5) is 1.02. The number of allylic oxidation sites excluding steroid dienone is 2. The van der Waals surface area contributed by atoms with E-state index in [-0.39, 0.29) is 16.5 Å². The van der Waals surface area contributed by atoms with Gasteiger partial charge in [0, 0.05) is 18.0 Å². The summed E-state index contributed by atoms with van der Waals surface area (Å²) >= 11 is 5.93. The molecule has 2 aromatic carbocycles. The summed E-state index contributed by atoms with van der Waals surface area (Å²) < 4.78 is 99.2. The SMILES string of the molecule is Fc1cccc(N2C=C(C(F)(F)F)C=CC2Oc2ccc(OC(F)(F)F)cc2Cl)c1. The summed E-state index contributed by atoms with van der Waals surface area (Å²) in [5.41, 5.74) is -0.953. The molecule has 0 fully saturated rings. The molecule has 3 rings (SSSR count). The van der Waals surface area contributed by atoms with Gasteiger partial charge < -0.3 is 14.4 Å². The van der Waals surface area contributed by atoms with Crippen LogP contribution in [0, 0.1) is 5.82 Å². The molecule has 2 aromatic rings. The van der Waals surface area contributed by atoms with Crippen LogP contribution >= 0.6 is 11.6 Å². The number of nitrogens with zero attached hydrogens (tertiary/aromatic N) is 1. The Hall–Kier alpha value is -2.88. The summed E-state index contributed by atoms with van der Waals surface area (Å²) in [5, 5.41) is -0.269. The predicted octanol–water partition coefficient (Wildman–Crippen LogP) is 6.61. The van der Waals surface area contributed by atoms with Gasteiger partial charge in [-0.25, -0.2) is 4.39 Å². The van der Waals surface area contributed by atoms with Gasteiger partial charge in [-0.05, 0) is 42.5 Å². The van der Waals surface area contributed by atoms with Crippen molar-refractivity contribution in [2.75, 3.05) is 4.90 Å². The van der Waals surface area contributed by atoms with Crippen molar-refractivity contribution in [3.05, 3.63) is 77.2 Å². The highest BCUT2D eigenvalue weighted by Crippen LogP contribution is 2.36. The quantitative estimate of drug-likeness (QED) is 0.487. The van der Waals surface area contributed by atoms with E-state index in [9.17, 15) is 30.7 Å². The van der Waals surface area contributed by atoms with Crippen LogP contribution < -0.4 is 14.4 Å². The molecule has 0 amide bonds. The van der Waals surface area contributed by atoms with Gasteiger partial charge in [0.05, 0.1) is 10.6 Å². The Morgan fingerprint density at radius 1 is 0.967 bits per heavy atom. The Morgan fingerprint density at radius 2 is 1.70 bits per heavy atom. The molecular formula is C19H11ClF7NO2. The number of alkyl halides is 6. The number of rotatable bonds is 4. The highest BCUT2D eigenvalue weighted by Gasteiger charge is 2.36. The molecule has 0 aliphatic carbocycles. The second kappa shape index (κ2) is 8.10. The lowest BCUT2D eigenvalue weighted by atomic mass is 10.1. The van der Waals surface area contributed by atoms with E-state index in [1.807, 2.05) is 0 Å². The third-order valence-corrected chi connectivity index (χ3v) is 4.11. The number of benzene rings is 2. The molecule has 0 saturated carbocycles. The topological polar surface area (TPSA) is 21.7 Å². The summed E-state index contributed by atoms with van der Waals surface area (Å²) in [7, 11) is 0. The molecule has 1 unspecified atom stereocenters. The van der Waals surface area contributed by atoms with Crippen LogP contribution in [0.4, 0.5) is 36.4 Å². The first-order chi connectivity index (χ1) is 13.9. The lowest BCUT2D eigenvalue weighted by molar-refractivity contribution is -0.274. The van der Waals surface area contributed by atoms with Crippen LogP contribution in [0.15, 0.2) is 66.4 Å². The van der Waals surface area contributed by atoms with Crippen LogP contribution in [0.3, 0.4) is 0 Å². The van der Waals surface area contributed by atoms with Crippen molar-refractivity contribution in [1.29, 1.82) is 0 Å². The van der Waals surface area contributed by atoms with Gasteiger partial charge in [-0.15, -0.1) is 13.2 Å². The Kier molecular flexibility index (Phi) is 5.89. The molecule has 0 spiro atoms. The molecule has 160 valence electrons. The van der Waals surface area contributed by atoms with Crippen LogP contribution in [0.25, 0.3) is 0 Å². The molecule has 1 aliphatic rings. The smallest absolute Gasteiger partial charge is 0.465 e. The van der Waals surface area contributed by atoms with Crippen LogP contribution in [-0.2, 0) is 0 Å². The second-order valence-corrected chi connectivity index (χ2v) is 6.38. The van der Waals surface area contributed by atoms with Crippen molar-refractivity contribution in [3.8, 4) is 11.5 Å². The van der Waals surface area contributed by atoms with E-state index in [1.165, 1.54) is 12.1 Å². The van der Waals surface area contributed by atoms with Gasteiger partial charge in [-0.2, -0.15) is 13.2 Å². The van der Waals surface area contributed by atoms with Crippen molar-refractivity contribution < 1.29 is 40.2 Å². The number of hydrogen-bond acceptors (Lipinski definition) is 3. The monoisotopic (exact) mass is 453 g/mol. The fourth-order valence-electron chi connectivity index (χ4n) is 2.57. The standard InChI is InChI=1S/C19H11ClF7NO2/c20-15-9-14(30-19(25,26)27)5-6-16(15)29-17-7-4-11(18(22,23)24)10-28(17)13-3-1-2-12(21)8-13/h1-10,17H. The largest absolute Gasteiger partial charge is 0.573 e. The van der Waals surface area contributed by atoms with Gasteiger partial charge in [0.15, 0.2) is 6.23 Å². The molecule has 30 heavy (non-hydrogen) atoms. The maximum Gasteiger partial charge on any atom is 0.573 e. The molecule has 0 radical (unpaired) electrons. The lowest BCUT2D eigenvalue weighted by Crippen LogP contribution is -2.37. The van der Waals surface area contributed by atoms with Crippen molar-refractivity contribution in [2.45, 2.75) is 18.8 Å². The Labute approximate surface area is 170 Å². The molecule has 3 nitrogen and oxygen atoms in total. The number of hydrogen-bond donors (Lipinski definition) is 0. The van der Waals surface area contributed by atoms with Gasteiger partial charge in [0.1, 0.15) is 17.3 Å². The predicted molar refractivity (Wildman–Crippen MR) is 94.7 cm³/mol. The van der Waals surface area contributed by atoms with Crippen LogP contribution in [0.1, 0.15) is 0 Å². The van der Waals surface area contributed by atoms with E-state index < -0.39 is 35.9 Å². The lowest BCUT2D eigenvalue weighted by Gasteiger charge is -2.32. The number of anilines is 1. The summed E-state index contributed by atoms with van der Waals surface area (Å²) in [6.45, 7) is 0. The van der Waals surface area contributed by atoms with E-state index in [2.05, 4.69) is 4.74 Å². The Morgan fingerprint density at radius 3 is 2.30 bits per heavy atom. The van der Waals surface area contributed by atoms with Crippen molar-refractivity contribution in [1.82, 2.24) is 0 Å². The molecule has 0 saturated heterocycles. The Bertz CT molecular complexity index is 986. The highest BCUT2D eigenvalue weighted by atomic mass is 35.5. The van der Waals surface area contributed by atoms with Crippen molar-refractivity contribution >= 4 is 17.3 Å². The second-order valence-electron chi connectivity index (χ2n) is 5.98. The minimum absolute atomic E-state index is 0.0549. The first kappa shape index (κ1) is 21.8. The van der Waals surface area contributed by atoms with E-state index in [0.29, 0.717) is 0 Å². The summed E-state index contributed by atoms with van der Waals surface area (Å²) in [6, 6.07) is 7.64. The normalized spacial score (nSPS) is 17.0. The average Bonchev–Trinajstić information content (AvgIpc) is 2.62. The fourth-order valence-corrected chi connectivity index (χ4v) is 2.79. The van der Waals surface area contributed by atoms with Gasteiger partial charge in [-0.1, -0.05) is 17.7 Å². The number of ether oxygens (including phenoxy) is 2. The zero-order valence-corrected chi connectivity index (χ0v) is 15.4. The average molecular weight is 454 g/mol. The minimum Gasteiger partial charge on any atom is -0.465 e. The van der Waals surface area contributed by atoms with Crippen LogP contribution in [0.2, 0.25) is 5.02 Å². The van der Waals surface area contributed by atoms with Crippen molar-refractivity contribution in [2.24, 2.45) is 0 Å². The third-order valence-electron chi connectivity index (χ3n) is 3.81. The van der Waals surface area contributed by atoms with Gasteiger partial charge in [-0.3, -0.25) is 0 Å². The minimum atomic E-state index is -4.93. The van der Waals surface area contributed by atoms with E-state index in [1.54, 1.807) is 0 Å². The maximum atomic E-state index is 13.6. The highest BCUT2D eigenvalue weighted by molar-refractivity contribution is 6.32. The molecule has 0 aromatic heterocycles. The van der Waals surface area contributed by atoms with Crippen LogP contribution in [-0.4, -0.2) is 18.8 Å². The third kappa shape index (κ3) is 5.38. The number of halogens is 8. The van der Waals surface area contributed by atoms with Gasteiger partial charge in [0.2, 0.25) is 0 Å². The summed E-state index contributed by atoms with van der Waals surface area (Å²) in [6.07, 6.45) is -8.22. The van der Waals surface area contributed by atoms with Gasteiger partial charge >= 0.3 is 12.5 Å². The van der Waals surface area contributed by atoms with E-state index >= 15 is 0 Å². The van der Waals surface area contributed by atoms with E-state index in [0.717, 1.165) is 53.6 Å². The fraction of sp³-hybridized carbons (Fsp3) is 0.158. The first-order valence-corrected chi connectivity index (χ1v) is 8.53. The maximum absolute atomic E-state index is 13.6. The zero-order valence-electron chi connectivity index (χ0n) is 14.6. The van der Waals surface area contributed by atoms with Crippen molar-refractivity contribution in [3.63, 3.8) is 0 Å². The van der Waals surface area contributed by atoms with Crippen LogP contribution in [0.5, 0.6) is 11.5 Å². The molecule has 0 N–H and O–H groups in total. The molecule has 0 bridgehead atoms.